The number of aromatic carboxylic acids is 1. The van der Waals surface area contributed by atoms with Gasteiger partial charge in [-0.3, -0.25) is 0 Å². The van der Waals surface area contributed by atoms with E-state index in [4.69, 9.17) is 14.3 Å². The summed E-state index contributed by atoms with van der Waals surface area (Å²) in [4.78, 5) is 24.8. The first kappa shape index (κ1) is 15.1. The number of carboxylic acids is 1. The maximum Gasteiger partial charge on any atom is 0.410 e. The van der Waals surface area contributed by atoms with Crippen molar-refractivity contribution in [3.63, 3.8) is 0 Å². The lowest BCUT2D eigenvalue weighted by Crippen LogP contribution is -2.31. The number of carboxylic acid groups (broad SMARTS) is 1. The summed E-state index contributed by atoms with van der Waals surface area (Å²) in [7, 11) is 0. The summed E-state index contributed by atoms with van der Waals surface area (Å²) in [5, 5.41) is 8.99. The fourth-order valence-electron chi connectivity index (χ4n) is 2.60. The molecule has 0 unspecified atom stereocenters. The minimum atomic E-state index is -1.10. The van der Waals surface area contributed by atoms with Gasteiger partial charge in [0.2, 0.25) is 5.76 Å². The molecular formula is C17H17NO5. The van der Waals surface area contributed by atoms with Crippen molar-refractivity contribution in [1.82, 2.24) is 4.90 Å². The maximum atomic E-state index is 12.2. The Morgan fingerprint density at radius 3 is 2.78 bits per heavy atom. The highest BCUT2D eigenvalue weighted by Crippen LogP contribution is 2.23. The third-order valence-electron chi connectivity index (χ3n) is 3.76. The summed E-state index contributed by atoms with van der Waals surface area (Å²) in [5.41, 5.74) is 1.66. The molecule has 0 saturated carbocycles. The van der Waals surface area contributed by atoms with Crippen LogP contribution in [0, 0.1) is 0 Å². The Hall–Kier alpha value is -2.76. The van der Waals surface area contributed by atoms with E-state index in [1.54, 1.807) is 4.90 Å². The molecule has 0 fully saturated rings. The average molecular weight is 315 g/mol. The van der Waals surface area contributed by atoms with Gasteiger partial charge in [-0.25, -0.2) is 9.59 Å². The van der Waals surface area contributed by atoms with Gasteiger partial charge >= 0.3 is 12.1 Å². The average Bonchev–Trinajstić information content (AvgIpc) is 2.86. The van der Waals surface area contributed by atoms with Gasteiger partial charge in [0.15, 0.2) is 0 Å². The Balaban J connectivity index is 1.65. The van der Waals surface area contributed by atoms with E-state index in [1.807, 2.05) is 30.3 Å². The fraction of sp³-hybridized carbons (Fsp3) is 0.294. The summed E-state index contributed by atoms with van der Waals surface area (Å²) in [6.45, 7) is 1.08. The van der Waals surface area contributed by atoms with E-state index in [1.165, 1.54) is 6.07 Å². The van der Waals surface area contributed by atoms with Crippen LogP contribution in [0.1, 0.15) is 33.9 Å². The normalized spacial score (nSPS) is 14.0. The minimum Gasteiger partial charge on any atom is -0.475 e. The Kier molecular flexibility index (Phi) is 4.32. The summed E-state index contributed by atoms with van der Waals surface area (Å²) in [6.07, 6.45) is 0.922. The smallest absolute Gasteiger partial charge is 0.410 e. The van der Waals surface area contributed by atoms with Crippen molar-refractivity contribution in [1.29, 1.82) is 0 Å². The van der Waals surface area contributed by atoms with E-state index in [0.717, 1.165) is 11.1 Å². The first-order chi connectivity index (χ1) is 11.1. The molecule has 2 heterocycles. The highest BCUT2D eigenvalue weighted by Gasteiger charge is 2.24. The number of furan rings is 1. The number of rotatable bonds is 3. The molecule has 1 aromatic heterocycles. The topological polar surface area (TPSA) is 80.0 Å². The van der Waals surface area contributed by atoms with Crippen molar-refractivity contribution in [2.24, 2.45) is 0 Å². The molecule has 2 aromatic rings. The van der Waals surface area contributed by atoms with Crippen LogP contribution >= 0.6 is 0 Å². The van der Waals surface area contributed by atoms with Crippen LogP contribution in [0.2, 0.25) is 0 Å². The predicted octanol–water partition coefficient (Wildman–Crippen LogP) is 3.06. The van der Waals surface area contributed by atoms with Crippen molar-refractivity contribution in [2.75, 3.05) is 6.54 Å². The van der Waals surface area contributed by atoms with Gasteiger partial charge in [0.1, 0.15) is 12.4 Å². The second-order valence-electron chi connectivity index (χ2n) is 5.43. The number of carbonyl (C=O) groups is 2. The molecule has 0 aliphatic carbocycles. The van der Waals surface area contributed by atoms with Crippen molar-refractivity contribution < 1.29 is 23.8 Å². The second kappa shape index (κ2) is 6.56. The Bertz CT molecular complexity index is 707. The molecule has 6 nitrogen and oxygen atoms in total. The third-order valence-corrected chi connectivity index (χ3v) is 3.76. The molecule has 6 heteroatoms. The fourth-order valence-corrected chi connectivity index (χ4v) is 2.60. The van der Waals surface area contributed by atoms with Gasteiger partial charge in [0, 0.05) is 18.5 Å². The standard InChI is InChI=1S/C17H17NO5/c19-16(20)15-9-13-10-18(8-4-7-14(13)23-15)17(21)22-11-12-5-2-1-3-6-12/h1-3,5-6,9H,4,7-8,10-11H2,(H,19,20). The molecule has 1 amide bonds. The zero-order valence-corrected chi connectivity index (χ0v) is 12.5. The van der Waals surface area contributed by atoms with Crippen molar-refractivity contribution in [2.45, 2.75) is 26.0 Å². The van der Waals surface area contributed by atoms with E-state index in [0.29, 0.717) is 31.7 Å². The number of hydrogen-bond acceptors (Lipinski definition) is 4. The molecule has 0 atom stereocenters. The Labute approximate surface area is 133 Å². The third kappa shape index (κ3) is 3.53. The Morgan fingerprint density at radius 1 is 1.26 bits per heavy atom. The molecule has 1 aliphatic rings. The van der Waals surface area contributed by atoms with Gasteiger partial charge in [-0.1, -0.05) is 30.3 Å². The van der Waals surface area contributed by atoms with Gasteiger partial charge in [-0.15, -0.1) is 0 Å². The van der Waals surface area contributed by atoms with Crippen LogP contribution in [0.15, 0.2) is 40.8 Å². The van der Waals surface area contributed by atoms with E-state index >= 15 is 0 Å². The number of ether oxygens (including phenoxy) is 1. The van der Waals surface area contributed by atoms with Gasteiger partial charge in [0.25, 0.3) is 0 Å². The quantitative estimate of drug-likeness (QED) is 0.941. The molecular weight excluding hydrogens is 298 g/mol. The molecule has 1 N–H and O–H groups in total. The molecule has 0 bridgehead atoms. The number of carbonyl (C=O) groups excluding carboxylic acids is 1. The lowest BCUT2D eigenvalue weighted by atomic mass is 10.2. The first-order valence-corrected chi connectivity index (χ1v) is 7.44. The van der Waals surface area contributed by atoms with Gasteiger partial charge in [-0.05, 0) is 18.1 Å². The largest absolute Gasteiger partial charge is 0.475 e. The van der Waals surface area contributed by atoms with Gasteiger partial charge in [0.05, 0.1) is 6.54 Å². The Morgan fingerprint density at radius 2 is 2.04 bits per heavy atom. The number of fused-ring (bicyclic) bond motifs is 1. The van der Waals surface area contributed by atoms with Crippen molar-refractivity contribution in [3.8, 4) is 0 Å². The molecule has 23 heavy (non-hydrogen) atoms. The van der Waals surface area contributed by atoms with E-state index in [2.05, 4.69) is 0 Å². The summed E-state index contributed by atoms with van der Waals surface area (Å²) in [5.74, 6) is -0.550. The van der Waals surface area contributed by atoms with Crippen LogP contribution in [0.4, 0.5) is 4.79 Å². The second-order valence-corrected chi connectivity index (χ2v) is 5.43. The SMILES string of the molecule is O=C(O)c1cc2c(o1)CCCN(C(=O)OCc1ccccc1)C2. The van der Waals surface area contributed by atoms with Crippen LogP contribution in [-0.2, 0) is 24.3 Å². The van der Waals surface area contributed by atoms with Crippen LogP contribution in [0.5, 0.6) is 0 Å². The molecule has 3 rings (SSSR count). The molecule has 1 aliphatic heterocycles. The van der Waals surface area contributed by atoms with Crippen LogP contribution in [0.3, 0.4) is 0 Å². The molecule has 1 aromatic carbocycles. The lowest BCUT2D eigenvalue weighted by molar-refractivity contribution is 0.0660. The summed E-state index contributed by atoms with van der Waals surface area (Å²) >= 11 is 0. The van der Waals surface area contributed by atoms with Crippen molar-refractivity contribution in [3.05, 3.63) is 59.0 Å². The predicted molar refractivity (Wildman–Crippen MR) is 81.0 cm³/mol. The monoisotopic (exact) mass is 315 g/mol. The maximum absolute atomic E-state index is 12.2. The lowest BCUT2D eigenvalue weighted by Gasteiger charge is -2.19. The van der Waals surface area contributed by atoms with Crippen molar-refractivity contribution >= 4 is 12.1 Å². The number of hydrogen-bond donors (Lipinski definition) is 1. The summed E-state index contributed by atoms with van der Waals surface area (Å²) < 4.78 is 10.7. The first-order valence-electron chi connectivity index (χ1n) is 7.44. The van der Waals surface area contributed by atoms with Gasteiger partial charge in [-0.2, -0.15) is 0 Å². The van der Waals surface area contributed by atoms with Crippen LogP contribution in [0.25, 0.3) is 0 Å². The summed E-state index contributed by atoms with van der Waals surface area (Å²) in [6, 6.07) is 11.0. The molecule has 0 spiro atoms. The van der Waals surface area contributed by atoms with E-state index in [-0.39, 0.29) is 12.4 Å². The number of benzene rings is 1. The minimum absolute atomic E-state index is 0.0884. The number of nitrogens with zero attached hydrogens (tertiary/aromatic N) is 1. The van der Waals surface area contributed by atoms with Crippen LogP contribution in [-0.4, -0.2) is 28.6 Å². The van der Waals surface area contributed by atoms with E-state index < -0.39 is 12.1 Å². The van der Waals surface area contributed by atoms with Crippen LogP contribution < -0.4 is 0 Å². The zero-order chi connectivity index (χ0) is 16.2. The molecule has 0 radical (unpaired) electrons. The number of aryl methyl sites for hydroxylation is 1. The zero-order valence-electron chi connectivity index (χ0n) is 12.5. The molecule has 120 valence electrons. The highest BCUT2D eigenvalue weighted by molar-refractivity contribution is 5.84. The molecule has 0 saturated heterocycles. The highest BCUT2D eigenvalue weighted by atomic mass is 16.6. The number of amides is 1. The van der Waals surface area contributed by atoms with Gasteiger partial charge < -0.3 is 19.2 Å². The van der Waals surface area contributed by atoms with E-state index in [9.17, 15) is 9.59 Å².